The number of nitrogen functional groups attached to an aromatic ring is 1. The molecular weight excluding hydrogens is 349 g/mol. The normalized spacial score (nSPS) is 9.85. The first-order valence-corrected chi connectivity index (χ1v) is 8.58. The van der Waals surface area contributed by atoms with E-state index in [4.69, 9.17) is 20.3 Å². The summed E-state index contributed by atoms with van der Waals surface area (Å²) in [6.07, 6.45) is 1.83. The van der Waals surface area contributed by atoms with Gasteiger partial charge in [0.2, 0.25) is 0 Å². The summed E-state index contributed by atoms with van der Waals surface area (Å²) in [5.74, 6) is -0.492. The van der Waals surface area contributed by atoms with E-state index in [1.54, 1.807) is 12.1 Å². The summed E-state index contributed by atoms with van der Waals surface area (Å²) >= 11 is 0. The third-order valence-corrected chi connectivity index (χ3v) is 3.27. The standard InChI is InChI=1S/C15H20O4.C6H6FN/c1-12(2)11-18-9-3-4-10-19-14-7-5-13(6-8-14)15(16)17;7-5-1-3-6(8)4-2-5/h5-8H,1,3-4,9-11H2,2H3,(H,16,17);1-4H,8H2. The van der Waals surface area contributed by atoms with Crippen molar-refractivity contribution in [1.29, 1.82) is 0 Å². The number of ether oxygens (including phenoxy) is 2. The second-order valence-electron chi connectivity index (χ2n) is 5.95. The van der Waals surface area contributed by atoms with Gasteiger partial charge in [-0.25, -0.2) is 9.18 Å². The maximum Gasteiger partial charge on any atom is 0.335 e. The molecule has 0 aromatic heterocycles. The Kier molecular flexibility index (Phi) is 10.3. The lowest BCUT2D eigenvalue weighted by molar-refractivity contribution is 0.0697. The average Bonchev–Trinajstić information content (AvgIpc) is 2.64. The van der Waals surface area contributed by atoms with Crippen LogP contribution in [0.3, 0.4) is 0 Å². The topological polar surface area (TPSA) is 81.8 Å². The Morgan fingerprint density at radius 3 is 2.19 bits per heavy atom. The van der Waals surface area contributed by atoms with Crippen LogP contribution in [-0.4, -0.2) is 30.9 Å². The number of carboxylic acids is 1. The van der Waals surface area contributed by atoms with Gasteiger partial charge in [0.05, 0.1) is 18.8 Å². The van der Waals surface area contributed by atoms with Crippen LogP contribution in [0, 0.1) is 5.82 Å². The Hall–Kier alpha value is -2.86. The largest absolute Gasteiger partial charge is 0.494 e. The maximum absolute atomic E-state index is 12.0. The molecule has 0 saturated heterocycles. The van der Waals surface area contributed by atoms with Gasteiger partial charge in [0.1, 0.15) is 11.6 Å². The first-order chi connectivity index (χ1) is 12.9. The van der Waals surface area contributed by atoms with Gasteiger partial charge in [-0.05, 0) is 68.3 Å². The minimum atomic E-state index is -0.929. The Balaban J connectivity index is 0.000000377. The van der Waals surface area contributed by atoms with Gasteiger partial charge in [-0.3, -0.25) is 0 Å². The molecule has 6 heteroatoms. The van der Waals surface area contributed by atoms with E-state index in [2.05, 4.69) is 6.58 Å². The Morgan fingerprint density at radius 1 is 1.07 bits per heavy atom. The second kappa shape index (κ2) is 12.5. The van der Waals surface area contributed by atoms with E-state index in [0.29, 0.717) is 31.3 Å². The van der Waals surface area contributed by atoms with Crippen molar-refractivity contribution in [2.45, 2.75) is 19.8 Å². The minimum absolute atomic E-state index is 0.251. The molecule has 0 aliphatic rings. The molecular formula is C21H26FNO4. The van der Waals surface area contributed by atoms with Gasteiger partial charge in [-0.1, -0.05) is 12.2 Å². The summed E-state index contributed by atoms with van der Waals surface area (Å²) in [7, 11) is 0. The number of carbonyl (C=O) groups is 1. The van der Waals surface area contributed by atoms with Crippen molar-refractivity contribution in [2.24, 2.45) is 0 Å². The van der Waals surface area contributed by atoms with E-state index in [0.717, 1.165) is 18.4 Å². The van der Waals surface area contributed by atoms with Crippen LogP contribution in [0.2, 0.25) is 0 Å². The van der Waals surface area contributed by atoms with Gasteiger partial charge in [0, 0.05) is 12.3 Å². The predicted octanol–water partition coefficient (Wildman–Crippen LogP) is 4.54. The molecule has 146 valence electrons. The van der Waals surface area contributed by atoms with Crippen LogP contribution in [0.25, 0.3) is 0 Å². The highest BCUT2D eigenvalue weighted by molar-refractivity contribution is 5.87. The lowest BCUT2D eigenvalue weighted by Gasteiger charge is -2.07. The number of anilines is 1. The second-order valence-corrected chi connectivity index (χ2v) is 5.95. The highest BCUT2D eigenvalue weighted by Crippen LogP contribution is 2.12. The van der Waals surface area contributed by atoms with Gasteiger partial charge >= 0.3 is 5.97 Å². The molecule has 0 spiro atoms. The molecule has 0 radical (unpaired) electrons. The van der Waals surface area contributed by atoms with Crippen LogP contribution in [-0.2, 0) is 4.74 Å². The third-order valence-electron chi connectivity index (χ3n) is 3.27. The van der Waals surface area contributed by atoms with Crippen LogP contribution in [0.5, 0.6) is 5.75 Å². The van der Waals surface area contributed by atoms with Crippen molar-refractivity contribution < 1.29 is 23.8 Å². The Morgan fingerprint density at radius 2 is 1.67 bits per heavy atom. The Labute approximate surface area is 159 Å². The quantitative estimate of drug-likeness (QED) is 0.382. The number of unbranched alkanes of at least 4 members (excludes halogenated alkanes) is 1. The van der Waals surface area contributed by atoms with Crippen LogP contribution in [0.1, 0.15) is 30.1 Å². The van der Waals surface area contributed by atoms with Crippen molar-refractivity contribution >= 4 is 11.7 Å². The van der Waals surface area contributed by atoms with Crippen molar-refractivity contribution in [3.63, 3.8) is 0 Å². The minimum Gasteiger partial charge on any atom is -0.494 e. The molecule has 0 heterocycles. The number of halogens is 1. The number of hydrogen-bond acceptors (Lipinski definition) is 4. The van der Waals surface area contributed by atoms with Crippen LogP contribution >= 0.6 is 0 Å². The summed E-state index contributed by atoms with van der Waals surface area (Å²) in [6, 6.07) is 12.1. The lowest BCUT2D eigenvalue weighted by Crippen LogP contribution is -2.02. The first-order valence-electron chi connectivity index (χ1n) is 8.58. The zero-order valence-corrected chi connectivity index (χ0v) is 15.5. The summed E-state index contributed by atoms with van der Waals surface area (Å²) in [4.78, 5) is 10.7. The molecule has 2 aromatic carbocycles. The van der Waals surface area contributed by atoms with E-state index in [-0.39, 0.29) is 11.4 Å². The summed E-state index contributed by atoms with van der Waals surface area (Å²) in [6.45, 7) is 7.60. The van der Waals surface area contributed by atoms with Gasteiger partial charge in [-0.2, -0.15) is 0 Å². The number of aromatic carboxylic acids is 1. The van der Waals surface area contributed by atoms with E-state index >= 15 is 0 Å². The van der Waals surface area contributed by atoms with Crippen molar-refractivity contribution in [1.82, 2.24) is 0 Å². The van der Waals surface area contributed by atoms with E-state index in [1.165, 1.54) is 36.4 Å². The highest BCUT2D eigenvalue weighted by atomic mass is 19.1. The van der Waals surface area contributed by atoms with Crippen LogP contribution in [0.15, 0.2) is 60.7 Å². The Bertz CT molecular complexity index is 678. The predicted molar refractivity (Wildman–Crippen MR) is 105 cm³/mol. The van der Waals surface area contributed by atoms with Crippen molar-refractivity contribution in [3.8, 4) is 5.75 Å². The van der Waals surface area contributed by atoms with E-state index in [1.807, 2.05) is 6.92 Å². The molecule has 0 unspecified atom stereocenters. The van der Waals surface area contributed by atoms with E-state index < -0.39 is 5.97 Å². The first kappa shape index (κ1) is 22.2. The summed E-state index contributed by atoms with van der Waals surface area (Å²) in [5, 5.41) is 8.75. The fourth-order valence-electron chi connectivity index (χ4n) is 1.90. The molecule has 0 aliphatic carbocycles. The molecule has 0 saturated carbocycles. The molecule has 0 aliphatic heterocycles. The van der Waals surface area contributed by atoms with Crippen LogP contribution < -0.4 is 10.5 Å². The average molecular weight is 375 g/mol. The zero-order chi connectivity index (χ0) is 20.1. The van der Waals surface area contributed by atoms with Crippen LogP contribution in [0.4, 0.5) is 10.1 Å². The molecule has 0 bridgehead atoms. The molecule has 2 aromatic rings. The van der Waals surface area contributed by atoms with Gasteiger partial charge in [0.25, 0.3) is 0 Å². The van der Waals surface area contributed by atoms with Gasteiger partial charge in [-0.15, -0.1) is 0 Å². The van der Waals surface area contributed by atoms with Crippen molar-refractivity contribution in [2.75, 3.05) is 25.6 Å². The highest BCUT2D eigenvalue weighted by Gasteiger charge is 2.01. The molecule has 0 amide bonds. The summed E-state index contributed by atoms with van der Waals surface area (Å²) < 4.78 is 22.9. The summed E-state index contributed by atoms with van der Waals surface area (Å²) in [5.41, 5.74) is 7.14. The molecule has 0 fully saturated rings. The maximum atomic E-state index is 12.0. The van der Waals surface area contributed by atoms with E-state index in [9.17, 15) is 9.18 Å². The fraction of sp³-hybridized carbons (Fsp3) is 0.286. The number of benzene rings is 2. The molecule has 2 rings (SSSR count). The number of nitrogens with two attached hydrogens (primary N) is 1. The number of rotatable bonds is 9. The molecule has 5 nitrogen and oxygen atoms in total. The smallest absolute Gasteiger partial charge is 0.335 e. The zero-order valence-electron chi connectivity index (χ0n) is 15.5. The molecule has 3 N–H and O–H groups in total. The molecule has 27 heavy (non-hydrogen) atoms. The third kappa shape index (κ3) is 10.7. The number of hydrogen-bond donors (Lipinski definition) is 2. The molecule has 0 atom stereocenters. The number of carboxylic acid groups (broad SMARTS) is 1. The SMILES string of the molecule is C=C(C)COCCCCOc1ccc(C(=O)O)cc1.Nc1ccc(F)cc1. The van der Waals surface area contributed by atoms with Gasteiger partial charge < -0.3 is 20.3 Å². The fourth-order valence-corrected chi connectivity index (χ4v) is 1.90. The van der Waals surface area contributed by atoms with Crippen molar-refractivity contribution in [3.05, 3.63) is 72.1 Å². The van der Waals surface area contributed by atoms with Gasteiger partial charge in [0.15, 0.2) is 0 Å². The monoisotopic (exact) mass is 375 g/mol. The lowest BCUT2D eigenvalue weighted by atomic mass is 10.2.